The van der Waals surface area contributed by atoms with Gasteiger partial charge in [-0.1, -0.05) is 30.0 Å². The standard InChI is InChI=1S/C18H22N4O2S/c1-21(12-15-8-9-23-14-15)13-17-19-20-18(22(17)2)25-11-10-24-16-6-4-3-5-7-16/h3-9,14H,10-13H2,1-2H3. The molecule has 6 nitrogen and oxygen atoms in total. The van der Waals surface area contributed by atoms with E-state index in [0.717, 1.165) is 41.1 Å². The number of nitrogens with zero attached hydrogens (tertiary/aromatic N) is 4. The van der Waals surface area contributed by atoms with E-state index >= 15 is 0 Å². The van der Waals surface area contributed by atoms with Gasteiger partial charge < -0.3 is 13.7 Å². The Hall–Kier alpha value is -2.25. The molecule has 0 unspecified atom stereocenters. The van der Waals surface area contributed by atoms with Crippen LogP contribution in [0.2, 0.25) is 0 Å². The van der Waals surface area contributed by atoms with Crippen molar-refractivity contribution in [2.45, 2.75) is 18.2 Å². The number of ether oxygens (including phenoxy) is 1. The van der Waals surface area contributed by atoms with Crippen molar-refractivity contribution in [2.75, 3.05) is 19.4 Å². The summed E-state index contributed by atoms with van der Waals surface area (Å²) in [5, 5.41) is 9.50. The zero-order chi connectivity index (χ0) is 17.5. The van der Waals surface area contributed by atoms with Crippen LogP contribution in [0.5, 0.6) is 5.75 Å². The molecule has 0 fully saturated rings. The number of para-hydroxylation sites is 1. The van der Waals surface area contributed by atoms with E-state index in [9.17, 15) is 0 Å². The fourth-order valence-electron chi connectivity index (χ4n) is 2.41. The smallest absolute Gasteiger partial charge is 0.191 e. The molecule has 0 aliphatic rings. The summed E-state index contributed by atoms with van der Waals surface area (Å²) in [5.74, 6) is 2.66. The van der Waals surface area contributed by atoms with Crippen LogP contribution in [0, 0.1) is 0 Å². The monoisotopic (exact) mass is 358 g/mol. The molecule has 25 heavy (non-hydrogen) atoms. The van der Waals surface area contributed by atoms with E-state index in [1.165, 1.54) is 0 Å². The number of aromatic nitrogens is 3. The van der Waals surface area contributed by atoms with Gasteiger partial charge in [0.2, 0.25) is 0 Å². The SMILES string of the molecule is CN(Cc1ccoc1)Cc1nnc(SCCOc2ccccc2)n1C. The zero-order valence-electron chi connectivity index (χ0n) is 14.5. The van der Waals surface area contributed by atoms with Gasteiger partial charge >= 0.3 is 0 Å². The second-order valence-electron chi connectivity index (χ2n) is 5.77. The molecule has 132 valence electrons. The van der Waals surface area contributed by atoms with Crippen LogP contribution in [-0.4, -0.2) is 39.1 Å². The first-order valence-corrected chi connectivity index (χ1v) is 9.09. The van der Waals surface area contributed by atoms with Crippen molar-refractivity contribution in [2.24, 2.45) is 7.05 Å². The minimum absolute atomic E-state index is 0.636. The maximum Gasteiger partial charge on any atom is 0.191 e. The van der Waals surface area contributed by atoms with Crippen molar-refractivity contribution >= 4 is 11.8 Å². The van der Waals surface area contributed by atoms with E-state index in [2.05, 4.69) is 22.1 Å². The highest BCUT2D eigenvalue weighted by atomic mass is 32.2. The summed E-state index contributed by atoms with van der Waals surface area (Å²) in [5.41, 5.74) is 1.15. The Labute approximate surface area is 151 Å². The second-order valence-corrected chi connectivity index (χ2v) is 6.83. The number of hydrogen-bond acceptors (Lipinski definition) is 6. The lowest BCUT2D eigenvalue weighted by atomic mass is 10.3. The van der Waals surface area contributed by atoms with Gasteiger partial charge in [0.25, 0.3) is 0 Å². The Morgan fingerprint density at radius 1 is 1.16 bits per heavy atom. The first kappa shape index (κ1) is 17.6. The fourth-order valence-corrected chi connectivity index (χ4v) is 3.16. The first-order valence-electron chi connectivity index (χ1n) is 8.11. The minimum atomic E-state index is 0.636. The fraction of sp³-hybridized carbons (Fsp3) is 0.333. The molecular weight excluding hydrogens is 336 g/mol. The molecule has 0 amide bonds. The molecule has 7 heteroatoms. The maximum atomic E-state index is 5.70. The largest absolute Gasteiger partial charge is 0.493 e. The average molecular weight is 358 g/mol. The lowest BCUT2D eigenvalue weighted by molar-refractivity contribution is 0.304. The number of furan rings is 1. The summed E-state index contributed by atoms with van der Waals surface area (Å²) in [6.45, 7) is 2.18. The molecule has 0 saturated carbocycles. The number of hydrogen-bond donors (Lipinski definition) is 0. The van der Waals surface area contributed by atoms with Gasteiger partial charge in [0.1, 0.15) is 11.6 Å². The van der Waals surface area contributed by atoms with Crippen molar-refractivity contribution in [3.8, 4) is 5.75 Å². The Balaban J connectivity index is 1.45. The van der Waals surface area contributed by atoms with Gasteiger partial charge in [0.15, 0.2) is 5.16 Å². The summed E-state index contributed by atoms with van der Waals surface area (Å²) in [4.78, 5) is 2.18. The minimum Gasteiger partial charge on any atom is -0.493 e. The topological polar surface area (TPSA) is 56.3 Å². The molecule has 1 aromatic carbocycles. The van der Waals surface area contributed by atoms with Gasteiger partial charge in [0.05, 0.1) is 25.7 Å². The van der Waals surface area contributed by atoms with Crippen molar-refractivity contribution in [1.82, 2.24) is 19.7 Å². The van der Waals surface area contributed by atoms with Crippen LogP contribution < -0.4 is 4.74 Å². The van der Waals surface area contributed by atoms with Gasteiger partial charge in [-0.25, -0.2) is 0 Å². The normalized spacial score (nSPS) is 11.2. The van der Waals surface area contributed by atoms with Crippen LogP contribution >= 0.6 is 11.8 Å². The number of rotatable bonds is 9. The van der Waals surface area contributed by atoms with Crippen molar-refractivity contribution in [3.63, 3.8) is 0 Å². The zero-order valence-corrected chi connectivity index (χ0v) is 15.3. The molecular formula is C18H22N4O2S. The third-order valence-corrected chi connectivity index (χ3v) is 4.68. The van der Waals surface area contributed by atoms with Crippen LogP contribution in [0.15, 0.2) is 58.5 Å². The highest BCUT2D eigenvalue weighted by Crippen LogP contribution is 2.17. The second kappa shape index (κ2) is 8.73. The lowest BCUT2D eigenvalue weighted by Gasteiger charge is -2.14. The van der Waals surface area contributed by atoms with Gasteiger partial charge in [-0.2, -0.15) is 0 Å². The summed E-state index contributed by atoms with van der Waals surface area (Å²) in [6, 6.07) is 11.8. The van der Waals surface area contributed by atoms with Crippen LogP contribution in [0.1, 0.15) is 11.4 Å². The predicted molar refractivity (Wildman–Crippen MR) is 97.5 cm³/mol. The summed E-state index contributed by atoms with van der Waals surface area (Å²) in [7, 11) is 4.06. The molecule has 2 aromatic heterocycles. The van der Waals surface area contributed by atoms with E-state index < -0.39 is 0 Å². The third kappa shape index (κ3) is 5.11. The molecule has 2 heterocycles. The van der Waals surface area contributed by atoms with Crippen molar-refractivity contribution in [1.29, 1.82) is 0 Å². The molecule has 0 spiro atoms. The van der Waals surface area contributed by atoms with E-state index in [4.69, 9.17) is 9.15 Å². The third-order valence-electron chi connectivity index (χ3n) is 3.70. The number of benzene rings is 1. The Morgan fingerprint density at radius 3 is 2.76 bits per heavy atom. The van der Waals surface area contributed by atoms with Crippen LogP contribution in [0.3, 0.4) is 0 Å². The molecule has 0 aliphatic heterocycles. The molecule has 0 atom stereocenters. The molecule has 3 rings (SSSR count). The summed E-state index contributed by atoms with van der Waals surface area (Å²) < 4.78 is 12.8. The summed E-state index contributed by atoms with van der Waals surface area (Å²) >= 11 is 1.65. The highest BCUT2D eigenvalue weighted by Gasteiger charge is 2.12. The first-order chi connectivity index (χ1) is 12.2. The van der Waals surface area contributed by atoms with E-state index in [1.54, 1.807) is 24.3 Å². The van der Waals surface area contributed by atoms with Gasteiger partial charge in [-0.05, 0) is 25.2 Å². The van der Waals surface area contributed by atoms with Crippen molar-refractivity contribution in [3.05, 3.63) is 60.3 Å². The Kier molecular flexibility index (Phi) is 6.14. The van der Waals surface area contributed by atoms with Crippen LogP contribution in [0.4, 0.5) is 0 Å². The molecule has 0 radical (unpaired) electrons. The number of thioether (sulfide) groups is 1. The molecule has 0 N–H and O–H groups in total. The molecule has 3 aromatic rings. The average Bonchev–Trinajstić information content (AvgIpc) is 3.24. The van der Waals surface area contributed by atoms with Crippen LogP contribution in [-0.2, 0) is 20.1 Å². The summed E-state index contributed by atoms with van der Waals surface area (Å²) in [6.07, 6.45) is 3.46. The highest BCUT2D eigenvalue weighted by molar-refractivity contribution is 7.99. The maximum absolute atomic E-state index is 5.70. The van der Waals surface area contributed by atoms with Crippen LogP contribution in [0.25, 0.3) is 0 Å². The Bertz CT molecular complexity index is 759. The quantitative estimate of drug-likeness (QED) is 0.432. The van der Waals surface area contributed by atoms with E-state index in [1.807, 2.05) is 48.0 Å². The van der Waals surface area contributed by atoms with Gasteiger partial charge in [-0.15, -0.1) is 10.2 Å². The Morgan fingerprint density at radius 2 is 2.00 bits per heavy atom. The molecule has 0 bridgehead atoms. The van der Waals surface area contributed by atoms with E-state index in [-0.39, 0.29) is 0 Å². The van der Waals surface area contributed by atoms with Crippen molar-refractivity contribution < 1.29 is 9.15 Å². The molecule has 0 saturated heterocycles. The molecule has 0 aliphatic carbocycles. The lowest BCUT2D eigenvalue weighted by Crippen LogP contribution is -2.19. The van der Waals surface area contributed by atoms with E-state index in [0.29, 0.717) is 6.61 Å². The van der Waals surface area contributed by atoms with Gasteiger partial charge in [-0.3, -0.25) is 4.90 Å². The van der Waals surface area contributed by atoms with Gasteiger partial charge in [0, 0.05) is 24.9 Å². The predicted octanol–water partition coefficient (Wildman–Crippen LogP) is 3.21.